The number of hydrogen-bond donors (Lipinski definition) is 1. The van der Waals surface area contributed by atoms with Gasteiger partial charge in [0.25, 0.3) is 0 Å². The number of benzene rings is 1. The van der Waals surface area contributed by atoms with E-state index in [2.05, 4.69) is 26.0 Å². The van der Waals surface area contributed by atoms with Crippen molar-refractivity contribution in [3.05, 3.63) is 69.7 Å². The molecule has 2 aromatic rings. The van der Waals surface area contributed by atoms with Gasteiger partial charge in [0, 0.05) is 18.6 Å². The summed E-state index contributed by atoms with van der Waals surface area (Å²) in [5.74, 6) is 1.67. The molecule has 0 bridgehead atoms. The van der Waals surface area contributed by atoms with Gasteiger partial charge in [-0.3, -0.25) is 0 Å². The molecule has 0 saturated heterocycles. The molecule has 3 unspecified atom stereocenters. The minimum absolute atomic E-state index is 0.102. The molecule has 3 aliphatic carbocycles. The van der Waals surface area contributed by atoms with Crippen molar-refractivity contribution in [2.24, 2.45) is 17.3 Å². The number of hydrogen-bond acceptors (Lipinski definition) is 3. The zero-order valence-electron chi connectivity index (χ0n) is 18.6. The minimum Gasteiger partial charge on any atom is -0.619 e. The maximum Gasteiger partial charge on any atom is 0.180 e. The molecular weight excluding hydrogens is 384 g/mol. The lowest BCUT2D eigenvalue weighted by atomic mass is 9.45. The molecule has 31 heavy (non-hydrogen) atoms. The van der Waals surface area contributed by atoms with Crippen molar-refractivity contribution in [3.63, 3.8) is 0 Å². The standard InChI is InChI=1S/C27H32N2O2/c1-18-20(17-28)5-6-22-21(18)7-8-24-23(22)9-13-26(2)25(24)4-3-12-27(26,30)16-19-10-14-29(31)15-11-19/h5-6,10-11,14-15,23-25,30H,3-4,7-9,12-13,16H2,1-2H3/t23?,24?,25?,26-,27-/m0/s1. The van der Waals surface area contributed by atoms with Gasteiger partial charge in [0.1, 0.15) is 0 Å². The van der Waals surface area contributed by atoms with Crippen molar-refractivity contribution >= 4 is 0 Å². The van der Waals surface area contributed by atoms with Crippen LogP contribution in [0.2, 0.25) is 0 Å². The van der Waals surface area contributed by atoms with Crippen molar-refractivity contribution in [1.82, 2.24) is 0 Å². The summed E-state index contributed by atoms with van der Waals surface area (Å²) in [7, 11) is 0. The quantitative estimate of drug-likeness (QED) is 0.569. The summed E-state index contributed by atoms with van der Waals surface area (Å²) in [6.45, 7) is 4.44. The third kappa shape index (κ3) is 3.09. The van der Waals surface area contributed by atoms with E-state index in [0.717, 1.165) is 54.4 Å². The van der Waals surface area contributed by atoms with Gasteiger partial charge in [-0.15, -0.1) is 0 Å². The second-order valence-corrected chi connectivity index (χ2v) is 10.5. The largest absolute Gasteiger partial charge is 0.619 e. The number of nitrogens with zero attached hydrogens (tertiary/aromatic N) is 2. The highest BCUT2D eigenvalue weighted by atomic mass is 16.5. The van der Waals surface area contributed by atoms with Crippen molar-refractivity contribution in [1.29, 1.82) is 5.26 Å². The van der Waals surface area contributed by atoms with Crippen LogP contribution in [0.15, 0.2) is 36.7 Å². The maximum absolute atomic E-state index is 12.0. The molecular formula is C27H32N2O2. The average molecular weight is 417 g/mol. The van der Waals surface area contributed by atoms with Crippen LogP contribution >= 0.6 is 0 Å². The zero-order chi connectivity index (χ0) is 21.8. The molecule has 1 aromatic carbocycles. The lowest BCUT2D eigenvalue weighted by Crippen LogP contribution is -2.59. The second-order valence-electron chi connectivity index (χ2n) is 10.5. The Labute approximate surface area is 185 Å². The normalized spacial score (nSPS) is 34.2. The van der Waals surface area contributed by atoms with Gasteiger partial charge in [0.2, 0.25) is 0 Å². The SMILES string of the molecule is Cc1c(C#N)ccc2c1CCC1C2CC[C@@]2(C)C1CCC[C@]2(O)Cc1cc[n+]([O-])cc1. The number of aromatic nitrogens is 1. The van der Waals surface area contributed by atoms with Crippen LogP contribution in [0.5, 0.6) is 0 Å². The smallest absolute Gasteiger partial charge is 0.180 e. The van der Waals surface area contributed by atoms with E-state index in [-0.39, 0.29) is 5.41 Å². The first-order chi connectivity index (χ1) is 14.9. The molecule has 4 heteroatoms. The molecule has 5 atom stereocenters. The number of aliphatic hydroxyl groups is 1. The van der Waals surface area contributed by atoms with E-state index in [0.29, 0.717) is 24.2 Å². The van der Waals surface area contributed by atoms with E-state index in [4.69, 9.17) is 0 Å². The fourth-order valence-electron chi connectivity index (χ4n) is 7.49. The topological polar surface area (TPSA) is 71.0 Å². The number of pyridine rings is 1. The Morgan fingerprint density at radius 3 is 2.68 bits per heavy atom. The Kier molecular flexibility index (Phi) is 4.86. The van der Waals surface area contributed by atoms with Crippen molar-refractivity contribution in [2.75, 3.05) is 0 Å². The molecule has 1 aromatic heterocycles. The number of rotatable bonds is 2. The Hall–Kier alpha value is -2.38. The third-order valence-corrected chi connectivity index (χ3v) is 9.25. The van der Waals surface area contributed by atoms with Gasteiger partial charge in [-0.05, 0) is 96.9 Å². The fraction of sp³-hybridized carbons (Fsp3) is 0.556. The predicted molar refractivity (Wildman–Crippen MR) is 119 cm³/mol. The van der Waals surface area contributed by atoms with Crippen molar-refractivity contribution in [3.8, 4) is 6.07 Å². The first kappa shape index (κ1) is 20.5. The maximum atomic E-state index is 12.0. The summed E-state index contributed by atoms with van der Waals surface area (Å²) in [5, 5.41) is 32.9. The van der Waals surface area contributed by atoms with E-state index in [1.54, 1.807) is 0 Å². The van der Waals surface area contributed by atoms with Crippen LogP contribution in [0, 0.1) is 40.7 Å². The molecule has 3 aliphatic rings. The van der Waals surface area contributed by atoms with Gasteiger partial charge in [-0.2, -0.15) is 9.99 Å². The molecule has 162 valence electrons. The summed E-state index contributed by atoms with van der Waals surface area (Å²) >= 11 is 0. The molecule has 4 nitrogen and oxygen atoms in total. The molecule has 0 amide bonds. The summed E-state index contributed by atoms with van der Waals surface area (Å²) < 4.78 is 0.809. The highest BCUT2D eigenvalue weighted by Crippen LogP contribution is 2.63. The van der Waals surface area contributed by atoms with Crippen LogP contribution in [0.4, 0.5) is 0 Å². The summed E-state index contributed by atoms with van der Waals surface area (Å²) in [5.41, 5.74) is 5.08. The Morgan fingerprint density at radius 2 is 1.94 bits per heavy atom. The van der Waals surface area contributed by atoms with Crippen LogP contribution in [0.25, 0.3) is 0 Å². The van der Waals surface area contributed by atoms with Crippen LogP contribution in [-0.4, -0.2) is 10.7 Å². The van der Waals surface area contributed by atoms with Gasteiger partial charge >= 0.3 is 0 Å². The lowest BCUT2D eigenvalue weighted by Gasteiger charge is -2.61. The number of nitriles is 1. The van der Waals surface area contributed by atoms with E-state index in [9.17, 15) is 15.6 Å². The van der Waals surface area contributed by atoms with E-state index >= 15 is 0 Å². The molecule has 1 heterocycles. The summed E-state index contributed by atoms with van der Waals surface area (Å²) in [6.07, 6.45) is 11.1. The summed E-state index contributed by atoms with van der Waals surface area (Å²) in [4.78, 5) is 0. The third-order valence-electron chi connectivity index (χ3n) is 9.25. The Morgan fingerprint density at radius 1 is 1.16 bits per heavy atom. The molecule has 5 rings (SSSR count). The average Bonchev–Trinajstić information content (AvgIpc) is 2.76. The summed E-state index contributed by atoms with van der Waals surface area (Å²) in [6, 6.07) is 10.3. The van der Waals surface area contributed by atoms with E-state index in [1.807, 2.05) is 18.2 Å². The van der Waals surface area contributed by atoms with E-state index < -0.39 is 5.60 Å². The van der Waals surface area contributed by atoms with Gasteiger partial charge in [0.15, 0.2) is 12.4 Å². The molecule has 0 aliphatic heterocycles. The lowest BCUT2D eigenvalue weighted by molar-refractivity contribution is -0.605. The van der Waals surface area contributed by atoms with Gasteiger partial charge < -0.3 is 10.3 Å². The van der Waals surface area contributed by atoms with Crippen LogP contribution < -0.4 is 4.73 Å². The highest BCUT2D eigenvalue weighted by molar-refractivity contribution is 5.49. The van der Waals surface area contributed by atoms with Gasteiger partial charge in [0.05, 0.1) is 17.2 Å². The van der Waals surface area contributed by atoms with Crippen molar-refractivity contribution in [2.45, 2.75) is 76.7 Å². The van der Waals surface area contributed by atoms with Gasteiger partial charge in [-0.1, -0.05) is 19.4 Å². The van der Waals surface area contributed by atoms with Crippen LogP contribution in [0.3, 0.4) is 0 Å². The molecule has 0 radical (unpaired) electrons. The Bertz CT molecular complexity index is 1040. The minimum atomic E-state index is -0.725. The second kappa shape index (κ2) is 7.35. The Balaban J connectivity index is 1.47. The number of fused-ring (bicyclic) bond motifs is 5. The molecule has 2 saturated carbocycles. The van der Waals surface area contributed by atoms with Crippen LogP contribution in [0.1, 0.15) is 79.2 Å². The fourth-order valence-corrected chi connectivity index (χ4v) is 7.49. The monoisotopic (exact) mass is 416 g/mol. The molecule has 2 fully saturated rings. The predicted octanol–water partition coefficient (Wildman–Crippen LogP) is 4.72. The van der Waals surface area contributed by atoms with Gasteiger partial charge in [-0.25, -0.2) is 0 Å². The van der Waals surface area contributed by atoms with Crippen LogP contribution in [-0.2, 0) is 12.8 Å². The first-order valence-electron chi connectivity index (χ1n) is 11.8. The molecule has 1 N–H and O–H groups in total. The zero-order valence-corrected chi connectivity index (χ0v) is 18.6. The van der Waals surface area contributed by atoms with Crippen molar-refractivity contribution < 1.29 is 9.84 Å². The van der Waals surface area contributed by atoms with E-state index in [1.165, 1.54) is 35.5 Å². The molecule has 0 spiro atoms. The first-order valence-corrected chi connectivity index (χ1v) is 11.8. The highest BCUT2D eigenvalue weighted by Gasteiger charge is 2.59.